The van der Waals surface area contributed by atoms with Gasteiger partial charge in [0.1, 0.15) is 11.6 Å². The monoisotopic (exact) mass is 183 g/mol. The normalized spacial score (nSPS) is 9.69. The Morgan fingerprint density at radius 1 is 1.62 bits per heavy atom. The molecule has 0 saturated carbocycles. The Kier molecular flexibility index (Phi) is 2.84. The van der Waals surface area contributed by atoms with Crippen molar-refractivity contribution in [3.63, 3.8) is 0 Å². The highest BCUT2D eigenvalue weighted by atomic mass is 19.1. The fourth-order valence-corrected chi connectivity index (χ4v) is 0.952. The molecule has 0 bridgehead atoms. The van der Waals surface area contributed by atoms with Crippen LogP contribution >= 0.6 is 0 Å². The van der Waals surface area contributed by atoms with E-state index in [9.17, 15) is 9.18 Å². The standard InChI is InChI=1S/C9H10FNO2/c1-2-13-6-3-4-7(9(11)12)8(10)5-6/h3-5H,2H2,1H3,(H2,11,12). The number of halogens is 1. The molecule has 0 aliphatic carbocycles. The van der Waals surface area contributed by atoms with Gasteiger partial charge in [0.05, 0.1) is 12.2 Å². The highest BCUT2D eigenvalue weighted by molar-refractivity contribution is 5.93. The number of hydrogen-bond donors (Lipinski definition) is 1. The highest BCUT2D eigenvalue weighted by Crippen LogP contribution is 2.15. The lowest BCUT2D eigenvalue weighted by molar-refractivity contribution is 0.0996. The zero-order chi connectivity index (χ0) is 9.84. The lowest BCUT2D eigenvalue weighted by atomic mass is 10.2. The van der Waals surface area contributed by atoms with Crippen molar-refractivity contribution in [2.45, 2.75) is 6.92 Å². The molecule has 4 heteroatoms. The van der Waals surface area contributed by atoms with Crippen molar-refractivity contribution in [3.8, 4) is 5.75 Å². The Labute approximate surface area is 75.3 Å². The molecule has 0 saturated heterocycles. The van der Waals surface area contributed by atoms with Gasteiger partial charge in [-0.1, -0.05) is 0 Å². The highest BCUT2D eigenvalue weighted by Gasteiger charge is 2.08. The number of ether oxygens (including phenoxy) is 1. The summed E-state index contributed by atoms with van der Waals surface area (Å²) in [4.78, 5) is 10.6. The Morgan fingerprint density at radius 3 is 2.77 bits per heavy atom. The van der Waals surface area contributed by atoms with Crippen molar-refractivity contribution in [1.82, 2.24) is 0 Å². The summed E-state index contributed by atoms with van der Waals surface area (Å²) in [6, 6.07) is 3.96. The van der Waals surface area contributed by atoms with Crippen molar-refractivity contribution >= 4 is 5.91 Å². The topological polar surface area (TPSA) is 52.3 Å². The average Bonchev–Trinajstić information content (AvgIpc) is 2.04. The van der Waals surface area contributed by atoms with Crippen LogP contribution in [0.5, 0.6) is 5.75 Å². The molecular formula is C9H10FNO2. The van der Waals surface area contributed by atoms with E-state index < -0.39 is 11.7 Å². The van der Waals surface area contributed by atoms with Crippen molar-refractivity contribution in [2.24, 2.45) is 5.73 Å². The molecule has 0 heterocycles. The third kappa shape index (κ3) is 2.18. The molecule has 0 radical (unpaired) electrons. The Balaban J connectivity index is 2.98. The van der Waals surface area contributed by atoms with Crippen LogP contribution in [0.15, 0.2) is 18.2 Å². The first-order valence-corrected chi connectivity index (χ1v) is 3.87. The Hall–Kier alpha value is -1.58. The van der Waals surface area contributed by atoms with E-state index in [-0.39, 0.29) is 5.56 Å². The molecule has 0 atom stereocenters. The van der Waals surface area contributed by atoms with E-state index in [2.05, 4.69) is 0 Å². The van der Waals surface area contributed by atoms with Crippen LogP contribution in [0.1, 0.15) is 17.3 Å². The lowest BCUT2D eigenvalue weighted by Gasteiger charge is -2.03. The predicted molar refractivity (Wildman–Crippen MR) is 46.1 cm³/mol. The van der Waals surface area contributed by atoms with Crippen LogP contribution in [0.3, 0.4) is 0 Å². The molecule has 0 aromatic heterocycles. The first kappa shape index (κ1) is 9.51. The van der Waals surface area contributed by atoms with Gasteiger partial charge in [-0.05, 0) is 19.1 Å². The van der Waals surface area contributed by atoms with Gasteiger partial charge in [-0.3, -0.25) is 4.79 Å². The lowest BCUT2D eigenvalue weighted by Crippen LogP contribution is -2.13. The van der Waals surface area contributed by atoms with E-state index in [0.29, 0.717) is 12.4 Å². The van der Waals surface area contributed by atoms with Crippen molar-refractivity contribution < 1.29 is 13.9 Å². The molecule has 0 aliphatic heterocycles. The number of amides is 1. The van der Waals surface area contributed by atoms with E-state index in [0.717, 1.165) is 6.07 Å². The number of primary amides is 1. The number of hydrogen-bond acceptors (Lipinski definition) is 2. The molecule has 13 heavy (non-hydrogen) atoms. The van der Waals surface area contributed by atoms with Crippen LogP contribution in [0.25, 0.3) is 0 Å². The summed E-state index contributed by atoms with van der Waals surface area (Å²) in [7, 11) is 0. The molecule has 1 aromatic carbocycles. The molecule has 3 nitrogen and oxygen atoms in total. The summed E-state index contributed by atoms with van der Waals surface area (Å²) in [6.07, 6.45) is 0. The van der Waals surface area contributed by atoms with Crippen molar-refractivity contribution in [1.29, 1.82) is 0 Å². The average molecular weight is 183 g/mol. The molecule has 0 unspecified atom stereocenters. The zero-order valence-corrected chi connectivity index (χ0v) is 7.21. The van der Waals surface area contributed by atoms with E-state index in [4.69, 9.17) is 10.5 Å². The van der Waals surface area contributed by atoms with Gasteiger partial charge >= 0.3 is 0 Å². The number of carbonyl (C=O) groups excluding carboxylic acids is 1. The van der Waals surface area contributed by atoms with E-state index >= 15 is 0 Å². The SMILES string of the molecule is CCOc1ccc(C(N)=O)c(F)c1. The smallest absolute Gasteiger partial charge is 0.251 e. The molecular weight excluding hydrogens is 173 g/mol. The van der Waals surface area contributed by atoms with Gasteiger partial charge in [-0.2, -0.15) is 0 Å². The maximum atomic E-state index is 13.0. The second kappa shape index (κ2) is 3.89. The van der Waals surface area contributed by atoms with Gasteiger partial charge in [0.25, 0.3) is 5.91 Å². The fourth-order valence-electron chi connectivity index (χ4n) is 0.952. The number of nitrogens with two attached hydrogens (primary N) is 1. The Morgan fingerprint density at radius 2 is 2.31 bits per heavy atom. The van der Waals surface area contributed by atoms with Gasteiger partial charge < -0.3 is 10.5 Å². The van der Waals surface area contributed by atoms with Gasteiger partial charge in [0.2, 0.25) is 0 Å². The summed E-state index contributed by atoms with van der Waals surface area (Å²) in [5.41, 5.74) is 4.80. The molecule has 1 amide bonds. The van der Waals surface area contributed by atoms with Crippen LogP contribution < -0.4 is 10.5 Å². The third-order valence-corrected chi connectivity index (χ3v) is 1.52. The first-order chi connectivity index (χ1) is 6.15. The molecule has 0 fully saturated rings. The van der Waals surface area contributed by atoms with E-state index in [1.807, 2.05) is 0 Å². The van der Waals surface area contributed by atoms with Crippen LogP contribution in [0.4, 0.5) is 4.39 Å². The summed E-state index contributed by atoms with van der Waals surface area (Å²) in [5.74, 6) is -1.04. The summed E-state index contributed by atoms with van der Waals surface area (Å²) < 4.78 is 18.1. The maximum absolute atomic E-state index is 13.0. The molecule has 1 rings (SSSR count). The minimum Gasteiger partial charge on any atom is -0.494 e. The summed E-state index contributed by atoms with van der Waals surface area (Å²) in [6.45, 7) is 2.25. The Bertz CT molecular complexity index is 325. The van der Waals surface area contributed by atoms with Crippen molar-refractivity contribution in [2.75, 3.05) is 6.61 Å². The number of benzene rings is 1. The molecule has 2 N–H and O–H groups in total. The second-order valence-corrected chi connectivity index (χ2v) is 2.44. The number of carbonyl (C=O) groups is 1. The minimum atomic E-state index is -0.777. The van der Waals surface area contributed by atoms with E-state index in [1.165, 1.54) is 12.1 Å². The molecule has 1 aromatic rings. The van der Waals surface area contributed by atoms with Gasteiger partial charge in [0.15, 0.2) is 0 Å². The number of rotatable bonds is 3. The summed E-state index contributed by atoms with van der Waals surface area (Å²) in [5, 5.41) is 0. The van der Waals surface area contributed by atoms with Gasteiger partial charge in [-0.15, -0.1) is 0 Å². The molecule has 70 valence electrons. The molecule has 0 aliphatic rings. The minimum absolute atomic E-state index is 0.122. The quantitative estimate of drug-likeness (QED) is 0.768. The summed E-state index contributed by atoms with van der Waals surface area (Å²) >= 11 is 0. The van der Waals surface area contributed by atoms with Gasteiger partial charge in [0, 0.05) is 6.07 Å². The fraction of sp³-hybridized carbons (Fsp3) is 0.222. The van der Waals surface area contributed by atoms with Crippen molar-refractivity contribution in [3.05, 3.63) is 29.6 Å². The maximum Gasteiger partial charge on any atom is 0.251 e. The van der Waals surface area contributed by atoms with Crippen LogP contribution in [0.2, 0.25) is 0 Å². The molecule has 0 spiro atoms. The predicted octanol–water partition coefficient (Wildman–Crippen LogP) is 1.32. The van der Waals surface area contributed by atoms with Crippen LogP contribution in [0, 0.1) is 5.82 Å². The zero-order valence-electron chi connectivity index (χ0n) is 7.21. The van der Waals surface area contributed by atoms with Crippen LogP contribution in [-0.4, -0.2) is 12.5 Å². The van der Waals surface area contributed by atoms with Crippen LogP contribution in [-0.2, 0) is 0 Å². The largest absolute Gasteiger partial charge is 0.494 e. The third-order valence-electron chi connectivity index (χ3n) is 1.52. The second-order valence-electron chi connectivity index (χ2n) is 2.44. The van der Waals surface area contributed by atoms with Gasteiger partial charge in [-0.25, -0.2) is 4.39 Å². The van der Waals surface area contributed by atoms with E-state index in [1.54, 1.807) is 6.92 Å². The first-order valence-electron chi connectivity index (χ1n) is 3.87.